The second kappa shape index (κ2) is 8.02. The van der Waals surface area contributed by atoms with Crippen molar-refractivity contribution in [2.24, 2.45) is 0 Å². The highest BCUT2D eigenvalue weighted by Gasteiger charge is 2.24. The van der Waals surface area contributed by atoms with Crippen molar-refractivity contribution in [3.05, 3.63) is 34.9 Å². The summed E-state index contributed by atoms with van der Waals surface area (Å²) in [4.78, 5) is 16.7. The molecule has 0 bridgehead atoms. The van der Waals surface area contributed by atoms with Gasteiger partial charge in [-0.05, 0) is 24.5 Å². The molecular formula is C18H26ClN3O. The molecule has 1 saturated carbocycles. The summed E-state index contributed by atoms with van der Waals surface area (Å²) < 4.78 is 0. The van der Waals surface area contributed by atoms with Crippen LogP contribution in [0.2, 0.25) is 5.02 Å². The molecule has 0 atom stereocenters. The minimum Gasteiger partial charge on any atom is -0.335 e. The van der Waals surface area contributed by atoms with Gasteiger partial charge in [0.15, 0.2) is 0 Å². The molecule has 0 aromatic heterocycles. The number of nitrogens with zero attached hydrogens (tertiary/aromatic N) is 2. The predicted molar refractivity (Wildman–Crippen MR) is 93.7 cm³/mol. The zero-order valence-electron chi connectivity index (χ0n) is 13.6. The number of benzene rings is 1. The third-order valence-corrected chi connectivity index (χ3v) is 5.31. The summed E-state index contributed by atoms with van der Waals surface area (Å²) in [5.41, 5.74) is 1.16. The molecule has 1 heterocycles. The molecule has 1 aliphatic heterocycles. The Balaban J connectivity index is 1.44. The van der Waals surface area contributed by atoms with Crippen LogP contribution in [0.1, 0.15) is 37.7 Å². The number of piperazine rings is 1. The van der Waals surface area contributed by atoms with Crippen molar-refractivity contribution in [2.75, 3.05) is 26.2 Å². The van der Waals surface area contributed by atoms with Crippen molar-refractivity contribution >= 4 is 17.6 Å². The zero-order valence-corrected chi connectivity index (χ0v) is 14.4. The van der Waals surface area contributed by atoms with Gasteiger partial charge in [-0.3, -0.25) is 4.90 Å². The first-order valence-electron chi connectivity index (χ1n) is 8.73. The van der Waals surface area contributed by atoms with Gasteiger partial charge in [-0.2, -0.15) is 0 Å². The number of hydrogen-bond donors (Lipinski definition) is 1. The lowest BCUT2D eigenvalue weighted by Gasteiger charge is -2.36. The SMILES string of the molecule is O=C(NC1CCCCC1)N1CCN(Cc2ccccc2Cl)CC1. The van der Waals surface area contributed by atoms with Crippen LogP contribution in [0, 0.1) is 0 Å². The molecule has 1 saturated heterocycles. The van der Waals surface area contributed by atoms with Gasteiger partial charge in [-0.25, -0.2) is 4.79 Å². The van der Waals surface area contributed by atoms with Gasteiger partial charge in [0.05, 0.1) is 0 Å². The molecule has 0 unspecified atom stereocenters. The molecule has 5 heteroatoms. The van der Waals surface area contributed by atoms with Crippen molar-refractivity contribution in [3.63, 3.8) is 0 Å². The van der Waals surface area contributed by atoms with Crippen LogP contribution in [0.5, 0.6) is 0 Å². The van der Waals surface area contributed by atoms with Crippen molar-refractivity contribution in [1.82, 2.24) is 15.1 Å². The predicted octanol–water partition coefficient (Wildman–Crippen LogP) is 3.50. The highest BCUT2D eigenvalue weighted by atomic mass is 35.5. The summed E-state index contributed by atoms with van der Waals surface area (Å²) in [5, 5.41) is 4.03. The standard InChI is InChI=1S/C18H26ClN3O/c19-17-9-5-4-6-15(17)14-21-10-12-22(13-11-21)18(23)20-16-7-2-1-3-8-16/h4-6,9,16H,1-3,7-8,10-14H2,(H,20,23). The van der Waals surface area contributed by atoms with Crippen LogP contribution in [-0.4, -0.2) is 48.1 Å². The summed E-state index contributed by atoms with van der Waals surface area (Å²) in [6.45, 7) is 4.26. The van der Waals surface area contributed by atoms with E-state index in [2.05, 4.69) is 16.3 Å². The molecule has 1 aromatic rings. The molecule has 0 radical (unpaired) electrons. The zero-order chi connectivity index (χ0) is 16.1. The molecule has 2 fully saturated rings. The topological polar surface area (TPSA) is 35.6 Å². The second-order valence-electron chi connectivity index (χ2n) is 6.64. The van der Waals surface area contributed by atoms with Crippen molar-refractivity contribution < 1.29 is 4.79 Å². The summed E-state index contributed by atoms with van der Waals surface area (Å²) in [7, 11) is 0. The minimum absolute atomic E-state index is 0.120. The van der Waals surface area contributed by atoms with E-state index >= 15 is 0 Å². The van der Waals surface area contributed by atoms with E-state index in [1.54, 1.807) is 0 Å². The van der Waals surface area contributed by atoms with Gasteiger partial charge in [0, 0.05) is 43.8 Å². The van der Waals surface area contributed by atoms with Crippen LogP contribution >= 0.6 is 11.6 Å². The maximum absolute atomic E-state index is 12.4. The van der Waals surface area contributed by atoms with Crippen LogP contribution in [0.25, 0.3) is 0 Å². The normalized spacial score (nSPS) is 20.5. The Morgan fingerprint density at radius 2 is 1.78 bits per heavy atom. The molecule has 1 aromatic carbocycles. The first-order valence-corrected chi connectivity index (χ1v) is 9.11. The molecule has 4 nitrogen and oxygen atoms in total. The molecule has 1 N–H and O–H groups in total. The van der Waals surface area contributed by atoms with Crippen LogP contribution in [0.4, 0.5) is 4.79 Å². The van der Waals surface area contributed by atoms with Gasteiger partial charge >= 0.3 is 6.03 Å². The third-order valence-electron chi connectivity index (χ3n) is 4.94. The fourth-order valence-corrected chi connectivity index (χ4v) is 3.68. The summed E-state index contributed by atoms with van der Waals surface area (Å²) in [6, 6.07) is 8.50. The number of rotatable bonds is 3. The van der Waals surface area contributed by atoms with E-state index < -0.39 is 0 Å². The number of nitrogens with one attached hydrogen (secondary N) is 1. The Morgan fingerprint density at radius 1 is 1.09 bits per heavy atom. The molecule has 126 valence electrons. The molecule has 2 amide bonds. The third kappa shape index (κ3) is 4.61. The largest absolute Gasteiger partial charge is 0.335 e. The Bertz CT molecular complexity index is 523. The first-order chi connectivity index (χ1) is 11.2. The Hall–Kier alpha value is -1.26. The number of amides is 2. The lowest BCUT2D eigenvalue weighted by Crippen LogP contribution is -2.53. The number of carbonyl (C=O) groups is 1. The smallest absolute Gasteiger partial charge is 0.317 e. The van der Waals surface area contributed by atoms with Gasteiger partial charge in [-0.1, -0.05) is 49.1 Å². The van der Waals surface area contributed by atoms with Gasteiger partial charge in [-0.15, -0.1) is 0 Å². The van der Waals surface area contributed by atoms with Gasteiger partial charge in [0.25, 0.3) is 0 Å². The lowest BCUT2D eigenvalue weighted by atomic mass is 9.96. The maximum Gasteiger partial charge on any atom is 0.317 e. The second-order valence-corrected chi connectivity index (χ2v) is 7.05. The van der Waals surface area contributed by atoms with Crippen molar-refractivity contribution in [3.8, 4) is 0 Å². The first kappa shape index (κ1) is 16.6. The van der Waals surface area contributed by atoms with Crippen LogP contribution < -0.4 is 5.32 Å². The highest BCUT2D eigenvalue weighted by molar-refractivity contribution is 6.31. The number of urea groups is 1. The summed E-state index contributed by atoms with van der Waals surface area (Å²) >= 11 is 6.23. The van der Waals surface area contributed by atoms with E-state index in [1.165, 1.54) is 19.3 Å². The Morgan fingerprint density at radius 3 is 2.48 bits per heavy atom. The minimum atomic E-state index is 0.120. The van der Waals surface area contributed by atoms with Crippen LogP contribution in [-0.2, 0) is 6.54 Å². The van der Waals surface area contributed by atoms with E-state index in [9.17, 15) is 4.79 Å². The lowest BCUT2D eigenvalue weighted by molar-refractivity contribution is 0.132. The van der Waals surface area contributed by atoms with Gasteiger partial charge in [0.1, 0.15) is 0 Å². The molecular weight excluding hydrogens is 310 g/mol. The van der Waals surface area contributed by atoms with E-state index in [4.69, 9.17) is 11.6 Å². The summed E-state index contributed by atoms with van der Waals surface area (Å²) in [5.74, 6) is 0. The van der Waals surface area contributed by atoms with E-state index in [0.29, 0.717) is 6.04 Å². The average Bonchev–Trinajstić information content (AvgIpc) is 2.58. The fraction of sp³-hybridized carbons (Fsp3) is 0.611. The molecule has 2 aliphatic rings. The van der Waals surface area contributed by atoms with Gasteiger partial charge in [0.2, 0.25) is 0 Å². The van der Waals surface area contributed by atoms with E-state index in [1.807, 2.05) is 23.1 Å². The number of halogens is 1. The van der Waals surface area contributed by atoms with Gasteiger partial charge < -0.3 is 10.2 Å². The number of hydrogen-bond acceptors (Lipinski definition) is 2. The Labute approximate surface area is 143 Å². The molecule has 3 rings (SSSR count). The molecule has 1 aliphatic carbocycles. The maximum atomic E-state index is 12.4. The van der Waals surface area contributed by atoms with E-state index in [0.717, 1.165) is 56.2 Å². The average molecular weight is 336 g/mol. The van der Waals surface area contributed by atoms with Crippen LogP contribution in [0.3, 0.4) is 0 Å². The Kier molecular flexibility index (Phi) is 5.79. The molecule has 0 spiro atoms. The highest BCUT2D eigenvalue weighted by Crippen LogP contribution is 2.19. The number of carbonyl (C=O) groups excluding carboxylic acids is 1. The molecule has 23 heavy (non-hydrogen) atoms. The van der Waals surface area contributed by atoms with Crippen molar-refractivity contribution in [1.29, 1.82) is 0 Å². The summed E-state index contributed by atoms with van der Waals surface area (Å²) in [6.07, 6.45) is 6.08. The fourth-order valence-electron chi connectivity index (χ4n) is 3.49. The van der Waals surface area contributed by atoms with Crippen molar-refractivity contribution in [2.45, 2.75) is 44.7 Å². The van der Waals surface area contributed by atoms with Crippen LogP contribution in [0.15, 0.2) is 24.3 Å². The van der Waals surface area contributed by atoms with E-state index in [-0.39, 0.29) is 6.03 Å². The quantitative estimate of drug-likeness (QED) is 0.917. The monoisotopic (exact) mass is 335 g/mol.